The standard InChI is InChI=1S/C19H18N4O5/c24-19(10-3-15-1-4-17(5-2-15)22(25)26)21-13-11-20(12-14-21)16-6-8-18(9-7-16)23(27)28/h1-10H,11-14H2/b10-3+. The van der Waals surface area contributed by atoms with Crippen molar-refractivity contribution in [2.45, 2.75) is 0 Å². The molecule has 0 spiro atoms. The molecule has 1 fully saturated rings. The molecule has 0 aliphatic carbocycles. The molecular formula is C19H18N4O5. The van der Waals surface area contributed by atoms with E-state index < -0.39 is 9.85 Å². The van der Waals surface area contributed by atoms with Crippen LogP contribution in [0.3, 0.4) is 0 Å². The van der Waals surface area contributed by atoms with Crippen LogP contribution in [0.15, 0.2) is 54.6 Å². The highest BCUT2D eigenvalue weighted by molar-refractivity contribution is 5.92. The molecule has 1 heterocycles. The number of nitrogens with zero attached hydrogens (tertiary/aromatic N) is 4. The minimum atomic E-state index is -0.469. The molecule has 3 rings (SSSR count). The van der Waals surface area contributed by atoms with Crippen molar-refractivity contribution in [3.05, 3.63) is 80.4 Å². The fourth-order valence-electron chi connectivity index (χ4n) is 2.95. The average molecular weight is 382 g/mol. The second-order valence-electron chi connectivity index (χ2n) is 6.27. The van der Waals surface area contributed by atoms with E-state index in [9.17, 15) is 25.0 Å². The van der Waals surface area contributed by atoms with Crippen LogP contribution < -0.4 is 4.90 Å². The molecule has 9 nitrogen and oxygen atoms in total. The third-order valence-electron chi connectivity index (χ3n) is 4.54. The van der Waals surface area contributed by atoms with Gasteiger partial charge in [0, 0.05) is 62.2 Å². The Hall–Kier alpha value is -3.75. The van der Waals surface area contributed by atoms with Crippen molar-refractivity contribution in [1.29, 1.82) is 0 Å². The number of rotatable bonds is 5. The molecule has 0 radical (unpaired) electrons. The first-order chi connectivity index (χ1) is 13.4. The molecule has 0 N–H and O–H groups in total. The second-order valence-corrected chi connectivity index (χ2v) is 6.27. The zero-order valence-corrected chi connectivity index (χ0v) is 14.9. The van der Waals surface area contributed by atoms with Gasteiger partial charge in [-0.25, -0.2) is 0 Å². The maximum atomic E-state index is 12.3. The van der Waals surface area contributed by atoms with Crippen LogP contribution in [-0.4, -0.2) is 46.8 Å². The van der Waals surface area contributed by atoms with Gasteiger partial charge in [-0.05, 0) is 35.9 Å². The zero-order chi connectivity index (χ0) is 20.1. The first-order valence-electron chi connectivity index (χ1n) is 8.65. The summed E-state index contributed by atoms with van der Waals surface area (Å²) in [5, 5.41) is 21.4. The van der Waals surface area contributed by atoms with Gasteiger partial charge in [0.15, 0.2) is 0 Å². The molecule has 2 aromatic rings. The number of piperazine rings is 1. The molecule has 1 aliphatic rings. The van der Waals surface area contributed by atoms with Crippen molar-refractivity contribution in [2.24, 2.45) is 0 Å². The van der Waals surface area contributed by atoms with Gasteiger partial charge in [-0.2, -0.15) is 0 Å². The Morgan fingerprint density at radius 3 is 1.82 bits per heavy atom. The van der Waals surface area contributed by atoms with E-state index in [4.69, 9.17) is 0 Å². The smallest absolute Gasteiger partial charge is 0.269 e. The Kier molecular flexibility index (Phi) is 5.64. The Bertz CT molecular complexity index is 901. The molecular weight excluding hydrogens is 364 g/mol. The second kappa shape index (κ2) is 8.30. The van der Waals surface area contributed by atoms with Crippen LogP contribution in [0.1, 0.15) is 5.56 Å². The van der Waals surface area contributed by atoms with E-state index >= 15 is 0 Å². The first kappa shape index (κ1) is 19.0. The fraction of sp³-hybridized carbons (Fsp3) is 0.211. The van der Waals surface area contributed by atoms with Gasteiger partial charge in [0.25, 0.3) is 11.4 Å². The molecule has 0 bridgehead atoms. The molecule has 0 aromatic heterocycles. The van der Waals surface area contributed by atoms with Gasteiger partial charge in [-0.1, -0.05) is 0 Å². The molecule has 9 heteroatoms. The third-order valence-corrected chi connectivity index (χ3v) is 4.54. The Labute approximate surface area is 160 Å². The number of amides is 1. The minimum Gasteiger partial charge on any atom is -0.368 e. The summed E-state index contributed by atoms with van der Waals surface area (Å²) in [7, 11) is 0. The third kappa shape index (κ3) is 4.50. The highest BCUT2D eigenvalue weighted by atomic mass is 16.6. The molecule has 0 saturated carbocycles. The summed E-state index contributed by atoms with van der Waals surface area (Å²) >= 11 is 0. The summed E-state index contributed by atoms with van der Waals surface area (Å²) in [5.41, 5.74) is 1.65. The van der Waals surface area contributed by atoms with Gasteiger partial charge in [0.2, 0.25) is 5.91 Å². The highest BCUT2D eigenvalue weighted by Gasteiger charge is 2.20. The summed E-state index contributed by atoms with van der Waals surface area (Å²) in [4.78, 5) is 36.6. The lowest BCUT2D eigenvalue weighted by Crippen LogP contribution is -2.48. The number of anilines is 1. The minimum absolute atomic E-state index is 0.00541. The van der Waals surface area contributed by atoms with Crippen molar-refractivity contribution in [3.63, 3.8) is 0 Å². The largest absolute Gasteiger partial charge is 0.368 e. The highest BCUT2D eigenvalue weighted by Crippen LogP contribution is 2.21. The molecule has 0 atom stereocenters. The predicted molar refractivity (Wildman–Crippen MR) is 104 cm³/mol. The number of benzene rings is 2. The van der Waals surface area contributed by atoms with Crippen LogP contribution in [0, 0.1) is 20.2 Å². The van der Waals surface area contributed by atoms with Crippen LogP contribution in [0.4, 0.5) is 17.1 Å². The van der Waals surface area contributed by atoms with E-state index in [1.54, 1.807) is 35.2 Å². The number of non-ortho nitro benzene ring substituents is 2. The summed E-state index contributed by atoms with van der Waals surface area (Å²) in [6.07, 6.45) is 3.09. The predicted octanol–water partition coefficient (Wildman–Crippen LogP) is 2.87. The van der Waals surface area contributed by atoms with Crippen LogP contribution in [0.2, 0.25) is 0 Å². The number of carbonyl (C=O) groups is 1. The molecule has 1 aliphatic heterocycles. The van der Waals surface area contributed by atoms with Crippen molar-refractivity contribution >= 4 is 29.0 Å². The summed E-state index contributed by atoms with van der Waals surface area (Å²) in [6.45, 7) is 2.35. The molecule has 28 heavy (non-hydrogen) atoms. The quantitative estimate of drug-likeness (QED) is 0.447. The van der Waals surface area contributed by atoms with E-state index in [-0.39, 0.29) is 17.3 Å². The number of nitro benzene ring substituents is 2. The van der Waals surface area contributed by atoms with Crippen LogP contribution in [0.25, 0.3) is 6.08 Å². The monoisotopic (exact) mass is 382 g/mol. The van der Waals surface area contributed by atoms with E-state index in [0.29, 0.717) is 31.7 Å². The van der Waals surface area contributed by atoms with E-state index in [1.807, 2.05) is 0 Å². The van der Waals surface area contributed by atoms with Gasteiger partial charge in [0.05, 0.1) is 9.85 Å². The number of carbonyl (C=O) groups excluding carboxylic acids is 1. The normalized spacial score (nSPS) is 14.3. The van der Waals surface area contributed by atoms with Crippen molar-refractivity contribution < 1.29 is 14.6 Å². The fourth-order valence-corrected chi connectivity index (χ4v) is 2.95. The van der Waals surface area contributed by atoms with Gasteiger partial charge in [-0.15, -0.1) is 0 Å². The average Bonchev–Trinajstić information content (AvgIpc) is 2.72. The summed E-state index contributed by atoms with van der Waals surface area (Å²) in [5.74, 6) is -0.123. The number of hydrogen-bond acceptors (Lipinski definition) is 6. The van der Waals surface area contributed by atoms with Gasteiger partial charge in [0.1, 0.15) is 0 Å². The van der Waals surface area contributed by atoms with Crippen molar-refractivity contribution in [2.75, 3.05) is 31.1 Å². The zero-order valence-electron chi connectivity index (χ0n) is 14.9. The SMILES string of the molecule is O=C(/C=C/c1ccc([N+](=O)[O-])cc1)N1CCN(c2ccc([N+](=O)[O-])cc2)CC1. The lowest BCUT2D eigenvalue weighted by molar-refractivity contribution is -0.385. The Balaban J connectivity index is 1.54. The molecule has 1 saturated heterocycles. The topological polar surface area (TPSA) is 110 Å². The molecule has 0 unspecified atom stereocenters. The van der Waals surface area contributed by atoms with E-state index in [0.717, 1.165) is 5.69 Å². The lowest BCUT2D eigenvalue weighted by atomic mass is 10.2. The van der Waals surface area contributed by atoms with Gasteiger partial charge >= 0.3 is 0 Å². The molecule has 144 valence electrons. The molecule has 1 amide bonds. The first-order valence-corrected chi connectivity index (χ1v) is 8.65. The number of nitro groups is 2. The van der Waals surface area contributed by atoms with Crippen molar-refractivity contribution in [1.82, 2.24) is 4.90 Å². The van der Waals surface area contributed by atoms with Crippen LogP contribution in [-0.2, 0) is 4.79 Å². The maximum Gasteiger partial charge on any atom is 0.269 e. The van der Waals surface area contributed by atoms with Crippen LogP contribution in [0.5, 0.6) is 0 Å². The summed E-state index contributed by atoms with van der Waals surface area (Å²) < 4.78 is 0. The number of hydrogen-bond donors (Lipinski definition) is 0. The molecule has 2 aromatic carbocycles. The van der Waals surface area contributed by atoms with Gasteiger partial charge < -0.3 is 9.80 Å². The lowest BCUT2D eigenvalue weighted by Gasteiger charge is -2.35. The van der Waals surface area contributed by atoms with E-state index in [2.05, 4.69) is 4.90 Å². The Morgan fingerprint density at radius 1 is 0.821 bits per heavy atom. The Morgan fingerprint density at radius 2 is 1.32 bits per heavy atom. The van der Waals surface area contributed by atoms with Crippen molar-refractivity contribution in [3.8, 4) is 0 Å². The van der Waals surface area contributed by atoms with Gasteiger partial charge in [-0.3, -0.25) is 25.0 Å². The summed E-state index contributed by atoms with van der Waals surface area (Å²) in [6, 6.07) is 12.3. The maximum absolute atomic E-state index is 12.3. The van der Waals surface area contributed by atoms with Crippen LogP contribution >= 0.6 is 0 Å². The van der Waals surface area contributed by atoms with E-state index in [1.165, 1.54) is 30.3 Å².